The van der Waals surface area contributed by atoms with E-state index < -0.39 is 11.5 Å². The molecule has 5 nitrogen and oxygen atoms in total. The van der Waals surface area contributed by atoms with Crippen LogP contribution in [-0.2, 0) is 11.3 Å². The van der Waals surface area contributed by atoms with Gasteiger partial charge in [0.2, 0.25) is 0 Å². The Balaban J connectivity index is 2.70. The second-order valence-electron chi connectivity index (χ2n) is 6.68. The van der Waals surface area contributed by atoms with Gasteiger partial charge in [-0.15, -0.1) is 0 Å². The first-order chi connectivity index (χ1) is 10.7. The molecule has 0 radical (unpaired) electrons. The van der Waals surface area contributed by atoms with Gasteiger partial charge in [-0.2, -0.15) is 0 Å². The fourth-order valence-electron chi connectivity index (χ4n) is 2.45. The van der Waals surface area contributed by atoms with E-state index in [4.69, 9.17) is 16.3 Å². The summed E-state index contributed by atoms with van der Waals surface area (Å²) in [6.45, 7) is 8.43. The monoisotopic (exact) mass is 342 g/mol. The molecule has 0 fully saturated rings. The molecule has 0 aliphatic carbocycles. The van der Waals surface area contributed by atoms with E-state index in [1.165, 1.54) is 0 Å². The molecule has 6 heteroatoms. The van der Waals surface area contributed by atoms with Crippen LogP contribution in [0, 0.1) is 11.3 Å². The summed E-state index contributed by atoms with van der Waals surface area (Å²) in [5, 5.41) is 16.3. The lowest BCUT2D eigenvalue weighted by Gasteiger charge is -2.33. The first-order valence-corrected chi connectivity index (χ1v) is 8.06. The second kappa shape index (κ2) is 8.52. The molecule has 23 heavy (non-hydrogen) atoms. The smallest absolute Gasteiger partial charge is 0.319 e. The number of halogens is 1. The van der Waals surface area contributed by atoms with Crippen LogP contribution in [0.2, 0.25) is 5.02 Å². The summed E-state index contributed by atoms with van der Waals surface area (Å²) >= 11 is 6.13. The van der Waals surface area contributed by atoms with Crippen molar-refractivity contribution in [3.8, 4) is 0 Å². The molecule has 1 aromatic rings. The number of aliphatic hydroxyl groups is 1. The lowest BCUT2D eigenvalue weighted by Crippen LogP contribution is -2.44. The van der Waals surface area contributed by atoms with Gasteiger partial charge in [-0.25, -0.2) is 4.79 Å². The summed E-state index contributed by atoms with van der Waals surface area (Å²) in [5.41, 5.74) is 0.919. The zero-order valence-corrected chi connectivity index (χ0v) is 15.2. The van der Waals surface area contributed by atoms with Gasteiger partial charge in [0, 0.05) is 35.3 Å². The van der Waals surface area contributed by atoms with Crippen LogP contribution < -0.4 is 10.6 Å². The van der Waals surface area contributed by atoms with Gasteiger partial charge in [-0.3, -0.25) is 0 Å². The molecule has 130 valence electrons. The Kier molecular flexibility index (Phi) is 7.32. The summed E-state index contributed by atoms with van der Waals surface area (Å²) < 4.78 is 5.11. The maximum Gasteiger partial charge on any atom is 0.319 e. The van der Waals surface area contributed by atoms with Gasteiger partial charge in [0.15, 0.2) is 0 Å². The van der Waals surface area contributed by atoms with E-state index >= 15 is 0 Å². The zero-order chi connectivity index (χ0) is 17.6. The lowest BCUT2D eigenvalue weighted by atomic mass is 9.81. The number of urea groups is 1. The van der Waals surface area contributed by atoms with Gasteiger partial charge >= 0.3 is 6.03 Å². The van der Waals surface area contributed by atoms with Gasteiger partial charge in [-0.05, 0) is 18.1 Å². The number of carbonyl (C=O) groups excluding carboxylic acids is 1. The maximum atomic E-state index is 12.1. The Morgan fingerprint density at radius 3 is 2.61 bits per heavy atom. The van der Waals surface area contributed by atoms with E-state index in [2.05, 4.69) is 10.6 Å². The van der Waals surface area contributed by atoms with Crippen LogP contribution in [0.5, 0.6) is 0 Å². The molecule has 0 aliphatic rings. The van der Waals surface area contributed by atoms with E-state index in [1.807, 2.05) is 27.7 Å². The Hall–Kier alpha value is -1.30. The maximum absolute atomic E-state index is 12.1. The van der Waals surface area contributed by atoms with Crippen LogP contribution in [0.3, 0.4) is 0 Å². The predicted molar refractivity (Wildman–Crippen MR) is 93.8 cm³/mol. The van der Waals surface area contributed by atoms with Crippen molar-refractivity contribution in [1.82, 2.24) is 5.32 Å². The van der Waals surface area contributed by atoms with Crippen LogP contribution in [-0.4, -0.2) is 30.9 Å². The van der Waals surface area contributed by atoms with Gasteiger partial charge < -0.3 is 20.5 Å². The van der Waals surface area contributed by atoms with Gasteiger partial charge in [0.05, 0.1) is 12.7 Å². The minimum absolute atomic E-state index is 0.121. The standard InChI is InChI=1S/C17H27ClN2O3/c1-11(2)15(21)17(3,4)10-19-16(22)20-14-8-6-7-13(18)12(14)9-23-5/h6-8,11,15,21H,9-10H2,1-5H3,(H2,19,20,22). The lowest BCUT2D eigenvalue weighted by molar-refractivity contribution is 0.0154. The third kappa shape index (κ3) is 5.68. The van der Waals surface area contributed by atoms with E-state index in [1.54, 1.807) is 25.3 Å². The summed E-state index contributed by atoms with van der Waals surface area (Å²) in [5.74, 6) is 0.121. The van der Waals surface area contributed by atoms with Crippen molar-refractivity contribution in [2.75, 3.05) is 19.0 Å². The van der Waals surface area contributed by atoms with Gasteiger partial charge in [0.1, 0.15) is 0 Å². The number of hydrogen-bond acceptors (Lipinski definition) is 3. The van der Waals surface area contributed by atoms with E-state index in [-0.39, 0.29) is 11.9 Å². The van der Waals surface area contributed by atoms with Crippen molar-refractivity contribution in [2.45, 2.75) is 40.4 Å². The average molecular weight is 343 g/mol. The highest BCUT2D eigenvalue weighted by Crippen LogP contribution is 2.26. The number of aliphatic hydroxyl groups excluding tert-OH is 1. The fourth-order valence-corrected chi connectivity index (χ4v) is 2.68. The highest BCUT2D eigenvalue weighted by molar-refractivity contribution is 6.31. The minimum Gasteiger partial charge on any atom is -0.392 e. The highest BCUT2D eigenvalue weighted by atomic mass is 35.5. The molecule has 0 aliphatic heterocycles. The summed E-state index contributed by atoms with van der Waals surface area (Å²) in [4.78, 5) is 12.1. The third-order valence-corrected chi connectivity index (χ3v) is 4.15. The third-order valence-electron chi connectivity index (χ3n) is 3.79. The quantitative estimate of drug-likeness (QED) is 0.708. The topological polar surface area (TPSA) is 70.6 Å². The number of ether oxygens (including phenoxy) is 1. The van der Waals surface area contributed by atoms with Crippen LogP contribution in [0.4, 0.5) is 10.5 Å². The van der Waals surface area contributed by atoms with Crippen molar-refractivity contribution >= 4 is 23.3 Å². The number of carbonyl (C=O) groups is 1. The van der Waals surface area contributed by atoms with Crippen LogP contribution in [0.25, 0.3) is 0 Å². The molecule has 0 aromatic heterocycles. The molecule has 2 amide bonds. The fraction of sp³-hybridized carbons (Fsp3) is 0.588. The molecule has 3 N–H and O–H groups in total. The number of methoxy groups -OCH3 is 1. The summed E-state index contributed by atoms with van der Waals surface area (Å²) in [7, 11) is 1.57. The van der Waals surface area contributed by atoms with Crippen molar-refractivity contribution in [3.05, 3.63) is 28.8 Å². The van der Waals surface area contributed by atoms with Gasteiger partial charge in [-0.1, -0.05) is 45.4 Å². The number of hydrogen-bond donors (Lipinski definition) is 3. The molecule has 1 atom stereocenters. The van der Waals surface area contributed by atoms with E-state index in [9.17, 15) is 9.90 Å². The molecule has 1 rings (SSSR count). The highest BCUT2D eigenvalue weighted by Gasteiger charge is 2.30. The Morgan fingerprint density at radius 1 is 1.39 bits per heavy atom. The number of benzene rings is 1. The van der Waals surface area contributed by atoms with Crippen molar-refractivity contribution in [1.29, 1.82) is 0 Å². The molecule has 0 saturated carbocycles. The first-order valence-electron chi connectivity index (χ1n) is 7.68. The summed E-state index contributed by atoms with van der Waals surface area (Å²) in [6, 6.07) is 4.95. The zero-order valence-electron chi connectivity index (χ0n) is 14.4. The molecule has 0 saturated heterocycles. The Morgan fingerprint density at radius 2 is 2.04 bits per heavy atom. The molecule has 0 heterocycles. The van der Waals surface area contributed by atoms with E-state index in [0.717, 1.165) is 5.56 Å². The molecule has 1 aromatic carbocycles. The van der Waals surface area contributed by atoms with E-state index in [0.29, 0.717) is 23.9 Å². The largest absolute Gasteiger partial charge is 0.392 e. The second-order valence-corrected chi connectivity index (χ2v) is 7.09. The molecular formula is C17H27ClN2O3. The average Bonchev–Trinajstić information content (AvgIpc) is 2.48. The van der Waals surface area contributed by atoms with Crippen molar-refractivity contribution in [3.63, 3.8) is 0 Å². The molecule has 0 bridgehead atoms. The number of rotatable bonds is 7. The molecular weight excluding hydrogens is 316 g/mol. The van der Waals surface area contributed by atoms with Gasteiger partial charge in [0.25, 0.3) is 0 Å². The number of amides is 2. The first kappa shape index (κ1) is 19.7. The normalized spacial score (nSPS) is 13.0. The SMILES string of the molecule is COCc1c(Cl)cccc1NC(=O)NCC(C)(C)C(O)C(C)C. The minimum atomic E-state index is -0.502. The Labute approximate surface area is 143 Å². The van der Waals surface area contributed by atoms with Crippen LogP contribution >= 0.6 is 11.6 Å². The van der Waals surface area contributed by atoms with Crippen LogP contribution in [0.15, 0.2) is 18.2 Å². The Bertz CT molecular complexity index is 533. The molecule has 0 spiro atoms. The number of anilines is 1. The summed E-state index contributed by atoms with van der Waals surface area (Å²) in [6.07, 6.45) is -0.502. The van der Waals surface area contributed by atoms with Crippen molar-refractivity contribution < 1.29 is 14.6 Å². The van der Waals surface area contributed by atoms with Crippen molar-refractivity contribution in [2.24, 2.45) is 11.3 Å². The molecule has 1 unspecified atom stereocenters. The van der Waals surface area contributed by atoms with Crippen LogP contribution in [0.1, 0.15) is 33.3 Å². The predicted octanol–water partition coefficient (Wildman–Crippen LogP) is 3.65. The number of nitrogens with one attached hydrogen (secondary N) is 2.